The molecule has 1 heterocycles. The van der Waals surface area contributed by atoms with Gasteiger partial charge in [0.1, 0.15) is 6.04 Å². The number of carbonyl (C=O) groups excluding carboxylic acids is 1. The van der Waals surface area contributed by atoms with Gasteiger partial charge in [0.25, 0.3) is 0 Å². The molecule has 0 aromatic rings. The Morgan fingerprint density at radius 1 is 1.47 bits per heavy atom. The Hall–Kier alpha value is -1.74. The monoisotopic (exact) mass is 267 g/mol. The van der Waals surface area contributed by atoms with Crippen molar-refractivity contribution < 1.29 is 14.7 Å². The van der Waals surface area contributed by atoms with E-state index in [2.05, 4.69) is 16.1 Å². The van der Waals surface area contributed by atoms with Crippen LogP contribution in [-0.2, 0) is 4.79 Å². The van der Waals surface area contributed by atoms with Gasteiger partial charge in [-0.1, -0.05) is 0 Å². The van der Waals surface area contributed by atoms with Gasteiger partial charge in [0, 0.05) is 31.6 Å². The summed E-state index contributed by atoms with van der Waals surface area (Å²) < 4.78 is 0. The Morgan fingerprint density at radius 2 is 2.11 bits per heavy atom. The van der Waals surface area contributed by atoms with Crippen LogP contribution in [0, 0.1) is 12.3 Å². The Bertz CT molecular complexity index is 400. The fraction of sp³-hybridized carbons (Fsp3) is 0.692. The average molecular weight is 267 g/mol. The number of likely N-dealkylation sites (N-methyl/N-ethyl adjacent to an activating group) is 1. The van der Waals surface area contributed by atoms with Crippen molar-refractivity contribution in [3.05, 3.63) is 0 Å². The molecule has 0 bridgehead atoms. The minimum atomic E-state index is -1.11. The lowest BCUT2D eigenvalue weighted by Crippen LogP contribution is -2.61. The number of carbonyl (C=O) groups is 2. The highest BCUT2D eigenvalue weighted by molar-refractivity contribution is 5.82. The molecule has 6 nitrogen and oxygen atoms in total. The topological polar surface area (TPSA) is 72.9 Å². The van der Waals surface area contributed by atoms with Gasteiger partial charge in [-0.05, 0) is 20.9 Å². The molecule has 1 aliphatic rings. The predicted octanol–water partition coefficient (Wildman–Crippen LogP) is 0.199. The minimum Gasteiger partial charge on any atom is -0.480 e. The van der Waals surface area contributed by atoms with E-state index in [0.29, 0.717) is 13.1 Å². The van der Waals surface area contributed by atoms with Crippen molar-refractivity contribution in [2.45, 2.75) is 31.8 Å². The Morgan fingerprint density at radius 3 is 2.58 bits per heavy atom. The van der Waals surface area contributed by atoms with Gasteiger partial charge in [-0.3, -0.25) is 4.90 Å². The van der Waals surface area contributed by atoms with Gasteiger partial charge in [0.15, 0.2) is 0 Å². The van der Waals surface area contributed by atoms with Crippen LogP contribution in [-0.4, -0.2) is 65.2 Å². The van der Waals surface area contributed by atoms with Crippen molar-refractivity contribution in [2.75, 3.05) is 26.7 Å². The molecule has 1 atom stereocenters. The molecule has 2 amide bonds. The number of carboxylic acid groups (broad SMARTS) is 1. The van der Waals surface area contributed by atoms with Crippen molar-refractivity contribution >= 4 is 12.0 Å². The molecule has 1 aliphatic heterocycles. The van der Waals surface area contributed by atoms with Crippen LogP contribution in [0.2, 0.25) is 0 Å². The van der Waals surface area contributed by atoms with Gasteiger partial charge in [-0.15, -0.1) is 12.3 Å². The Balaban J connectivity index is 2.64. The maximum absolute atomic E-state index is 12.0. The van der Waals surface area contributed by atoms with E-state index in [1.165, 1.54) is 0 Å². The number of aliphatic carboxylic acids is 1. The number of hydrogen-bond donors (Lipinski definition) is 2. The lowest BCUT2D eigenvalue weighted by Gasteiger charge is -2.45. The van der Waals surface area contributed by atoms with E-state index in [1.807, 2.05) is 20.9 Å². The first kappa shape index (κ1) is 15.3. The zero-order valence-corrected chi connectivity index (χ0v) is 11.6. The third-order valence-corrected chi connectivity index (χ3v) is 3.52. The van der Waals surface area contributed by atoms with E-state index in [-0.39, 0.29) is 18.0 Å². The highest BCUT2D eigenvalue weighted by Crippen LogP contribution is 2.18. The zero-order valence-electron chi connectivity index (χ0n) is 11.6. The van der Waals surface area contributed by atoms with Crippen molar-refractivity contribution in [3.63, 3.8) is 0 Å². The molecule has 1 unspecified atom stereocenters. The van der Waals surface area contributed by atoms with E-state index in [1.54, 1.807) is 4.90 Å². The fourth-order valence-corrected chi connectivity index (χ4v) is 1.97. The number of nitrogens with one attached hydrogen (secondary N) is 1. The lowest BCUT2D eigenvalue weighted by atomic mass is 10.00. The van der Waals surface area contributed by atoms with E-state index >= 15 is 0 Å². The summed E-state index contributed by atoms with van der Waals surface area (Å²) in [5, 5.41) is 11.4. The van der Waals surface area contributed by atoms with Gasteiger partial charge in [-0.25, -0.2) is 9.59 Å². The van der Waals surface area contributed by atoms with Crippen molar-refractivity contribution in [2.24, 2.45) is 0 Å². The molecule has 0 radical (unpaired) electrons. The summed E-state index contributed by atoms with van der Waals surface area (Å²) in [5.41, 5.74) is -0.125. The van der Waals surface area contributed by atoms with Crippen LogP contribution in [0.15, 0.2) is 0 Å². The summed E-state index contributed by atoms with van der Waals surface area (Å²) in [7, 11) is 2.01. The molecular formula is C13H21N3O3. The quantitative estimate of drug-likeness (QED) is 0.716. The first-order valence-electron chi connectivity index (χ1n) is 6.21. The van der Waals surface area contributed by atoms with Crippen molar-refractivity contribution in [1.82, 2.24) is 15.1 Å². The van der Waals surface area contributed by atoms with Gasteiger partial charge in [-0.2, -0.15) is 0 Å². The number of piperazine rings is 1. The second-order valence-corrected chi connectivity index (χ2v) is 5.40. The lowest BCUT2D eigenvalue weighted by molar-refractivity contribution is -0.139. The molecular weight excluding hydrogens is 246 g/mol. The maximum Gasteiger partial charge on any atom is 0.327 e. The molecule has 0 saturated carbocycles. The maximum atomic E-state index is 12.0. The SMILES string of the molecule is C#CCC(NC(=O)N1CCN(C)C(C)(C)C1)C(=O)O. The average Bonchev–Trinajstić information content (AvgIpc) is 2.31. The van der Waals surface area contributed by atoms with Gasteiger partial charge in [0.2, 0.25) is 0 Å². The standard InChI is InChI=1S/C13H21N3O3/c1-5-6-10(11(17)18)14-12(19)16-8-7-15(4)13(2,3)9-16/h1,10H,6-9H2,2-4H3,(H,14,19)(H,17,18). The summed E-state index contributed by atoms with van der Waals surface area (Å²) in [5.74, 6) is 1.15. The van der Waals surface area contributed by atoms with Crippen LogP contribution < -0.4 is 5.32 Å². The van der Waals surface area contributed by atoms with E-state index in [4.69, 9.17) is 11.5 Å². The van der Waals surface area contributed by atoms with E-state index in [9.17, 15) is 9.59 Å². The molecule has 0 aromatic heterocycles. The Labute approximate surface area is 113 Å². The third kappa shape index (κ3) is 3.86. The highest BCUT2D eigenvalue weighted by atomic mass is 16.4. The molecule has 0 aliphatic carbocycles. The van der Waals surface area contributed by atoms with Crippen molar-refractivity contribution in [1.29, 1.82) is 0 Å². The molecule has 19 heavy (non-hydrogen) atoms. The van der Waals surface area contributed by atoms with E-state index in [0.717, 1.165) is 6.54 Å². The van der Waals surface area contributed by atoms with Crippen LogP contribution >= 0.6 is 0 Å². The van der Waals surface area contributed by atoms with Gasteiger partial charge >= 0.3 is 12.0 Å². The number of nitrogens with zero attached hydrogens (tertiary/aromatic N) is 2. The highest BCUT2D eigenvalue weighted by Gasteiger charge is 2.34. The summed E-state index contributed by atoms with van der Waals surface area (Å²) in [6, 6.07) is -1.40. The van der Waals surface area contributed by atoms with Gasteiger partial charge < -0.3 is 15.3 Å². The molecule has 0 aromatic carbocycles. The van der Waals surface area contributed by atoms with Crippen LogP contribution in [0.5, 0.6) is 0 Å². The normalized spacial score (nSPS) is 20.4. The van der Waals surface area contributed by atoms with Gasteiger partial charge in [0.05, 0.1) is 0 Å². The second kappa shape index (κ2) is 5.93. The molecule has 6 heteroatoms. The molecule has 106 valence electrons. The number of amides is 2. The summed E-state index contributed by atoms with van der Waals surface area (Å²) >= 11 is 0. The van der Waals surface area contributed by atoms with Crippen LogP contribution in [0.4, 0.5) is 4.79 Å². The molecule has 2 N–H and O–H groups in total. The van der Waals surface area contributed by atoms with Crippen LogP contribution in [0.3, 0.4) is 0 Å². The largest absolute Gasteiger partial charge is 0.480 e. The van der Waals surface area contributed by atoms with Crippen LogP contribution in [0.1, 0.15) is 20.3 Å². The summed E-state index contributed by atoms with van der Waals surface area (Å²) in [6.07, 6.45) is 5.08. The minimum absolute atomic E-state index is 0.0157. The molecule has 0 spiro atoms. The number of hydrogen-bond acceptors (Lipinski definition) is 3. The van der Waals surface area contributed by atoms with Crippen molar-refractivity contribution in [3.8, 4) is 12.3 Å². The second-order valence-electron chi connectivity index (χ2n) is 5.40. The number of terminal acetylenes is 1. The zero-order chi connectivity index (χ0) is 14.6. The third-order valence-electron chi connectivity index (χ3n) is 3.52. The molecule has 1 saturated heterocycles. The number of carboxylic acids is 1. The Kier molecular flexibility index (Phi) is 4.78. The fourth-order valence-electron chi connectivity index (χ4n) is 1.97. The first-order valence-corrected chi connectivity index (χ1v) is 6.21. The predicted molar refractivity (Wildman–Crippen MR) is 71.7 cm³/mol. The summed E-state index contributed by atoms with van der Waals surface area (Å²) in [6.45, 7) is 5.98. The summed E-state index contributed by atoms with van der Waals surface area (Å²) in [4.78, 5) is 26.8. The number of rotatable bonds is 3. The molecule has 1 rings (SSSR count). The van der Waals surface area contributed by atoms with E-state index < -0.39 is 12.0 Å². The smallest absolute Gasteiger partial charge is 0.327 e. The number of urea groups is 1. The molecule has 1 fully saturated rings. The van der Waals surface area contributed by atoms with Crippen LogP contribution in [0.25, 0.3) is 0 Å². The first-order chi connectivity index (χ1) is 8.77.